The summed E-state index contributed by atoms with van der Waals surface area (Å²) in [6.45, 7) is 0. The Hall–Kier alpha value is -2.31. The smallest absolute Gasteiger partial charge is 0.300 e. The number of carbonyl (C=O) groups is 1. The molecule has 0 unspecified atom stereocenters. The molecule has 0 fully saturated rings. The van der Waals surface area contributed by atoms with Crippen molar-refractivity contribution in [3.8, 4) is 0 Å². The standard InChI is InChI=1S/C15H10Cl2FN3O2/c1-19-14(22)8-4-7(2-3-11(8)18)20-15-21-12-5-9(16)10(17)6-13(12)23-15/h2-6H,1H3,(H,19,22)(H,20,21). The van der Waals surface area contributed by atoms with Crippen LogP contribution in [-0.4, -0.2) is 17.9 Å². The maximum atomic E-state index is 13.6. The van der Waals surface area contributed by atoms with Gasteiger partial charge in [-0.15, -0.1) is 0 Å². The Kier molecular flexibility index (Phi) is 4.11. The van der Waals surface area contributed by atoms with Gasteiger partial charge in [0.1, 0.15) is 11.3 Å². The molecule has 3 rings (SSSR count). The Morgan fingerprint density at radius 3 is 2.70 bits per heavy atom. The molecule has 118 valence electrons. The van der Waals surface area contributed by atoms with E-state index in [0.29, 0.717) is 26.8 Å². The highest BCUT2D eigenvalue weighted by molar-refractivity contribution is 6.42. The van der Waals surface area contributed by atoms with E-state index in [1.54, 1.807) is 12.1 Å². The average Bonchev–Trinajstić information content (AvgIpc) is 2.90. The molecule has 8 heteroatoms. The molecule has 2 N–H and O–H groups in total. The van der Waals surface area contributed by atoms with Crippen LogP contribution in [0, 0.1) is 5.82 Å². The topological polar surface area (TPSA) is 67.2 Å². The Balaban J connectivity index is 1.94. The number of nitrogens with zero attached hydrogens (tertiary/aromatic N) is 1. The lowest BCUT2D eigenvalue weighted by molar-refractivity contribution is 0.0959. The number of aromatic nitrogens is 1. The fourth-order valence-electron chi connectivity index (χ4n) is 2.01. The molecule has 1 amide bonds. The van der Waals surface area contributed by atoms with E-state index in [9.17, 15) is 9.18 Å². The van der Waals surface area contributed by atoms with Crippen molar-refractivity contribution < 1.29 is 13.6 Å². The number of fused-ring (bicyclic) bond motifs is 1. The highest BCUT2D eigenvalue weighted by Crippen LogP contribution is 2.30. The van der Waals surface area contributed by atoms with Crippen molar-refractivity contribution in [3.63, 3.8) is 0 Å². The Morgan fingerprint density at radius 1 is 1.22 bits per heavy atom. The molecular weight excluding hydrogens is 344 g/mol. The number of hydrogen-bond acceptors (Lipinski definition) is 4. The summed E-state index contributed by atoms with van der Waals surface area (Å²) >= 11 is 11.8. The molecule has 0 aliphatic carbocycles. The quantitative estimate of drug-likeness (QED) is 0.733. The number of hydrogen-bond donors (Lipinski definition) is 2. The van der Waals surface area contributed by atoms with Crippen molar-refractivity contribution in [2.45, 2.75) is 0 Å². The van der Waals surface area contributed by atoms with E-state index in [-0.39, 0.29) is 11.6 Å². The zero-order valence-corrected chi connectivity index (χ0v) is 13.3. The molecule has 3 aromatic rings. The van der Waals surface area contributed by atoms with Gasteiger partial charge in [0, 0.05) is 18.8 Å². The number of carbonyl (C=O) groups excluding carboxylic acids is 1. The first-order valence-electron chi connectivity index (χ1n) is 6.52. The van der Waals surface area contributed by atoms with Crippen LogP contribution in [-0.2, 0) is 0 Å². The Morgan fingerprint density at radius 2 is 1.96 bits per heavy atom. The monoisotopic (exact) mass is 353 g/mol. The molecular formula is C15H10Cl2FN3O2. The van der Waals surface area contributed by atoms with Crippen LogP contribution in [0.4, 0.5) is 16.1 Å². The molecule has 1 heterocycles. The first-order chi connectivity index (χ1) is 11.0. The Labute approximate surface area is 140 Å². The molecule has 2 aromatic carbocycles. The van der Waals surface area contributed by atoms with Gasteiger partial charge in [-0.3, -0.25) is 4.79 Å². The number of oxazole rings is 1. The maximum Gasteiger partial charge on any atom is 0.300 e. The lowest BCUT2D eigenvalue weighted by atomic mass is 10.1. The van der Waals surface area contributed by atoms with Gasteiger partial charge in [-0.1, -0.05) is 23.2 Å². The number of rotatable bonds is 3. The second-order valence-electron chi connectivity index (χ2n) is 4.65. The van der Waals surface area contributed by atoms with Crippen LogP contribution < -0.4 is 10.6 Å². The maximum absolute atomic E-state index is 13.6. The van der Waals surface area contributed by atoms with Gasteiger partial charge in [0.25, 0.3) is 11.9 Å². The van der Waals surface area contributed by atoms with E-state index >= 15 is 0 Å². The normalized spacial score (nSPS) is 10.8. The van der Waals surface area contributed by atoms with Crippen LogP contribution in [0.15, 0.2) is 34.7 Å². The van der Waals surface area contributed by atoms with Crippen molar-refractivity contribution in [2.75, 3.05) is 12.4 Å². The fraction of sp³-hybridized carbons (Fsp3) is 0.0667. The predicted molar refractivity (Wildman–Crippen MR) is 87.1 cm³/mol. The zero-order chi connectivity index (χ0) is 16.6. The molecule has 23 heavy (non-hydrogen) atoms. The summed E-state index contributed by atoms with van der Waals surface area (Å²) in [5, 5.41) is 5.96. The van der Waals surface area contributed by atoms with E-state index in [4.69, 9.17) is 27.6 Å². The third-order valence-corrected chi connectivity index (χ3v) is 3.84. The second kappa shape index (κ2) is 6.06. The summed E-state index contributed by atoms with van der Waals surface area (Å²) in [6, 6.07) is 7.32. The summed E-state index contributed by atoms with van der Waals surface area (Å²) < 4.78 is 19.2. The van der Waals surface area contributed by atoms with Gasteiger partial charge in [0.15, 0.2) is 5.58 Å². The molecule has 0 bridgehead atoms. The van der Waals surface area contributed by atoms with Gasteiger partial charge in [0.2, 0.25) is 0 Å². The van der Waals surface area contributed by atoms with E-state index in [0.717, 1.165) is 0 Å². The van der Waals surface area contributed by atoms with Gasteiger partial charge >= 0.3 is 0 Å². The van der Waals surface area contributed by atoms with Gasteiger partial charge in [-0.05, 0) is 24.3 Å². The van der Waals surface area contributed by atoms with Gasteiger partial charge in [0.05, 0.1) is 15.6 Å². The van der Waals surface area contributed by atoms with Crippen LogP contribution in [0.2, 0.25) is 10.0 Å². The molecule has 0 radical (unpaired) electrons. The predicted octanol–water partition coefficient (Wildman–Crippen LogP) is 4.38. The zero-order valence-electron chi connectivity index (χ0n) is 11.8. The number of amides is 1. The van der Waals surface area contributed by atoms with Crippen LogP contribution in [0.1, 0.15) is 10.4 Å². The lowest BCUT2D eigenvalue weighted by Crippen LogP contribution is -2.19. The molecule has 1 aromatic heterocycles. The summed E-state index contributed by atoms with van der Waals surface area (Å²) in [4.78, 5) is 15.8. The van der Waals surface area contributed by atoms with Crippen molar-refractivity contribution >= 4 is 51.9 Å². The summed E-state index contributed by atoms with van der Waals surface area (Å²) in [6.07, 6.45) is 0. The van der Waals surface area contributed by atoms with Crippen LogP contribution in [0.5, 0.6) is 0 Å². The molecule has 0 saturated carbocycles. The van der Waals surface area contributed by atoms with Crippen molar-refractivity contribution in [3.05, 3.63) is 51.8 Å². The minimum atomic E-state index is -0.619. The van der Waals surface area contributed by atoms with Gasteiger partial charge < -0.3 is 15.1 Å². The summed E-state index contributed by atoms with van der Waals surface area (Å²) in [5.74, 6) is -1.15. The number of halogens is 3. The number of nitrogens with one attached hydrogen (secondary N) is 2. The van der Waals surface area contributed by atoms with Crippen LogP contribution in [0.3, 0.4) is 0 Å². The minimum Gasteiger partial charge on any atom is -0.423 e. The minimum absolute atomic E-state index is 0.0836. The van der Waals surface area contributed by atoms with E-state index in [2.05, 4.69) is 15.6 Å². The summed E-state index contributed by atoms with van der Waals surface area (Å²) in [7, 11) is 1.43. The SMILES string of the molecule is CNC(=O)c1cc(Nc2nc3cc(Cl)c(Cl)cc3o2)ccc1F. The van der Waals surface area contributed by atoms with Crippen LogP contribution in [0.25, 0.3) is 11.1 Å². The molecule has 0 saturated heterocycles. The number of benzene rings is 2. The molecule has 0 aliphatic heterocycles. The van der Waals surface area contributed by atoms with Crippen molar-refractivity contribution in [1.29, 1.82) is 0 Å². The second-order valence-corrected chi connectivity index (χ2v) is 5.47. The first kappa shape index (κ1) is 15.6. The third-order valence-electron chi connectivity index (χ3n) is 3.12. The Bertz CT molecular complexity index is 872. The van der Waals surface area contributed by atoms with Gasteiger partial charge in [-0.2, -0.15) is 4.98 Å². The van der Waals surface area contributed by atoms with E-state index in [1.165, 1.54) is 25.2 Å². The lowest BCUT2D eigenvalue weighted by Gasteiger charge is -2.05. The summed E-state index contributed by atoms with van der Waals surface area (Å²) in [5.41, 5.74) is 1.35. The highest BCUT2D eigenvalue weighted by atomic mass is 35.5. The van der Waals surface area contributed by atoms with Crippen LogP contribution >= 0.6 is 23.2 Å². The molecule has 5 nitrogen and oxygen atoms in total. The van der Waals surface area contributed by atoms with Crippen molar-refractivity contribution in [2.24, 2.45) is 0 Å². The van der Waals surface area contributed by atoms with Gasteiger partial charge in [-0.25, -0.2) is 4.39 Å². The molecule has 0 aliphatic rings. The first-order valence-corrected chi connectivity index (χ1v) is 7.28. The number of anilines is 2. The average molecular weight is 354 g/mol. The van der Waals surface area contributed by atoms with E-state index < -0.39 is 11.7 Å². The van der Waals surface area contributed by atoms with Crippen molar-refractivity contribution in [1.82, 2.24) is 10.3 Å². The van der Waals surface area contributed by atoms with E-state index in [1.807, 2.05) is 0 Å². The fourth-order valence-corrected chi connectivity index (χ4v) is 2.32. The largest absolute Gasteiger partial charge is 0.423 e. The third kappa shape index (κ3) is 3.09. The molecule has 0 atom stereocenters. The highest BCUT2D eigenvalue weighted by Gasteiger charge is 2.13. The molecule has 0 spiro atoms.